The molecule has 1 atom stereocenters. The quantitative estimate of drug-likeness (QED) is 0.226. The van der Waals surface area contributed by atoms with Gasteiger partial charge >= 0.3 is 0 Å². The Morgan fingerprint density at radius 1 is 0.842 bits per heavy atom. The minimum Gasteiger partial charge on any atom is -0.507 e. The first-order valence-corrected chi connectivity index (χ1v) is 12.2. The van der Waals surface area contributed by atoms with Gasteiger partial charge in [0.2, 0.25) is 0 Å². The Hall–Kier alpha value is -3.88. The van der Waals surface area contributed by atoms with E-state index in [-0.39, 0.29) is 26.9 Å². The number of carbonyl (C=O) groups is 2. The molecule has 1 aliphatic rings. The Kier molecular flexibility index (Phi) is 7.76. The first kappa shape index (κ1) is 27.2. The van der Waals surface area contributed by atoms with Crippen molar-refractivity contribution in [3.63, 3.8) is 0 Å². The molecule has 1 saturated heterocycles. The van der Waals surface area contributed by atoms with Crippen molar-refractivity contribution in [2.24, 2.45) is 0 Å². The number of hydrogen-bond acceptors (Lipinski definition) is 7. The summed E-state index contributed by atoms with van der Waals surface area (Å²) in [5, 5.41) is 12.0. The Morgan fingerprint density at radius 2 is 1.45 bits per heavy atom. The van der Waals surface area contributed by atoms with Gasteiger partial charge in [0.05, 0.1) is 48.6 Å². The van der Waals surface area contributed by atoms with E-state index in [9.17, 15) is 14.7 Å². The molecular weight excluding hydrogens is 531 g/mol. The molecule has 38 heavy (non-hydrogen) atoms. The highest BCUT2D eigenvalue weighted by Gasteiger charge is 2.47. The molecule has 0 saturated carbocycles. The summed E-state index contributed by atoms with van der Waals surface area (Å²) in [6, 6.07) is 14.1. The number of benzene rings is 3. The van der Waals surface area contributed by atoms with Crippen LogP contribution in [-0.4, -0.2) is 52.2 Å². The fourth-order valence-corrected chi connectivity index (χ4v) is 4.86. The summed E-state index contributed by atoms with van der Waals surface area (Å²) >= 11 is 12.7. The van der Waals surface area contributed by atoms with Gasteiger partial charge in [-0.05, 0) is 42.0 Å². The molecule has 1 heterocycles. The van der Waals surface area contributed by atoms with Crippen LogP contribution in [0.25, 0.3) is 5.76 Å². The third-order valence-electron chi connectivity index (χ3n) is 6.31. The summed E-state index contributed by atoms with van der Waals surface area (Å²) in [7, 11) is 8.14. The predicted molar refractivity (Wildman–Crippen MR) is 148 cm³/mol. The normalized spacial score (nSPS) is 16.5. The van der Waals surface area contributed by atoms with E-state index in [4.69, 9.17) is 37.4 Å². The number of hydrogen-bond donors (Lipinski definition) is 1. The highest BCUT2D eigenvalue weighted by Crippen LogP contribution is 2.45. The smallest absolute Gasteiger partial charge is 0.300 e. The lowest BCUT2D eigenvalue weighted by Crippen LogP contribution is -2.29. The van der Waals surface area contributed by atoms with Crippen molar-refractivity contribution in [1.82, 2.24) is 0 Å². The molecule has 0 spiro atoms. The fourth-order valence-electron chi connectivity index (χ4n) is 4.36. The van der Waals surface area contributed by atoms with Crippen LogP contribution in [0.15, 0.2) is 60.2 Å². The Morgan fingerprint density at radius 3 is 2.00 bits per heavy atom. The number of halogens is 2. The van der Waals surface area contributed by atoms with Crippen LogP contribution in [0.4, 0.5) is 11.4 Å². The standard InChI is InChI=1S/C28H26Cl2N2O6/c1-31(2)16-8-6-15(7-9-16)25-24(26(33)18-13-20(30)23(38-5)14-22(18)37-4)27(34)28(35)32(25)17-10-11-21(36-3)19(29)12-17/h6-14,25,33H,1-5H3/b26-24+. The molecule has 1 unspecified atom stereocenters. The predicted octanol–water partition coefficient (Wildman–Crippen LogP) is 5.71. The molecule has 10 heteroatoms. The fraction of sp³-hybridized carbons (Fsp3) is 0.214. The number of methoxy groups -OCH3 is 3. The van der Waals surface area contributed by atoms with Crippen molar-refractivity contribution >= 4 is 52.0 Å². The topological polar surface area (TPSA) is 88.5 Å². The first-order chi connectivity index (χ1) is 18.1. The Bertz CT molecular complexity index is 1440. The summed E-state index contributed by atoms with van der Waals surface area (Å²) in [6.07, 6.45) is 0. The van der Waals surface area contributed by atoms with Crippen LogP contribution in [0.5, 0.6) is 17.2 Å². The molecule has 198 valence electrons. The van der Waals surface area contributed by atoms with Gasteiger partial charge in [0.15, 0.2) is 0 Å². The first-order valence-electron chi connectivity index (χ1n) is 11.5. The van der Waals surface area contributed by atoms with Crippen LogP contribution in [0.1, 0.15) is 17.2 Å². The minimum absolute atomic E-state index is 0.126. The summed E-state index contributed by atoms with van der Waals surface area (Å²) in [5.41, 5.74) is 1.89. The van der Waals surface area contributed by atoms with Gasteiger partial charge in [0, 0.05) is 31.5 Å². The third kappa shape index (κ3) is 4.73. The largest absolute Gasteiger partial charge is 0.507 e. The van der Waals surface area contributed by atoms with Gasteiger partial charge in [-0.25, -0.2) is 0 Å². The lowest BCUT2D eigenvalue weighted by molar-refractivity contribution is -0.132. The third-order valence-corrected chi connectivity index (χ3v) is 6.90. The average Bonchev–Trinajstić information content (AvgIpc) is 3.18. The molecule has 1 N–H and O–H groups in total. The molecule has 1 aliphatic heterocycles. The summed E-state index contributed by atoms with van der Waals surface area (Å²) in [4.78, 5) is 30.2. The lowest BCUT2D eigenvalue weighted by atomic mass is 9.94. The van der Waals surface area contributed by atoms with Crippen molar-refractivity contribution in [3.05, 3.63) is 81.3 Å². The Labute approximate surface area is 230 Å². The van der Waals surface area contributed by atoms with Crippen LogP contribution < -0.4 is 24.0 Å². The van der Waals surface area contributed by atoms with E-state index >= 15 is 0 Å². The lowest BCUT2D eigenvalue weighted by Gasteiger charge is -2.26. The van der Waals surface area contributed by atoms with E-state index < -0.39 is 23.5 Å². The maximum atomic E-state index is 13.5. The average molecular weight is 557 g/mol. The van der Waals surface area contributed by atoms with E-state index in [2.05, 4.69) is 0 Å². The molecule has 0 bridgehead atoms. The zero-order valence-corrected chi connectivity index (χ0v) is 22.9. The number of aliphatic hydroxyl groups is 1. The molecule has 0 aromatic heterocycles. The molecular formula is C28H26Cl2N2O6. The molecule has 8 nitrogen and oxygen atoms in total. The van der Waals surface area contributed by atoms with Crippen molar-refractivity contribution in [3.8, 4) is 17.2 Å². The van der Waals surface area contributed by atoms with Crippen LogP contribution in [-0.2, 0) is 9.59 Å². The number of Topliss-reactive ketones (excluding diaryl/α,β-unsaturated/α-hetero) is 1. The number of aliphatic hydroxyl groups excluding tert-OH is 1. The van der Waals surface area contributed by atoms with Crippen LogP contribution in [0.3, 0.4) is 0 Å². The SMILES string of the molecule is COc1ccc(N2C(=O)C(=O)/C(=C(/O)c3cc(Cl)c(OC)cc3OC)C2c2ccc(N(C)C)cc2)cc1Cl. The van der Waals surface area contributed by atoms with Crippen LogP contribution in [0, 0.1) is 0 Å². The monoisotopic (exact) mass is 556 g/mol. The van der Waals surface area contributed by atoms with E-state index in [1.54, 1.807) is 24.3 Å². The number of anilines is 2. The number of nitrogens with zero attached hydrogens (tertiary/aromatic N) is 2. The summed E-state index contributed by atoms with van der Waals surface area (Å²) in [5.74, 6) is -1.18. The molecule has 1 amide bonds. The second kappa shape index (κ2) is 10.8. The van der Waals surface area contributed by atoms with Crippen molar-refractivity contribution in [2.45, 2.75) is 6.04 Å². The van der Waals surface area contributed by atoms with Gasteiger partial charge in [-0.1, -0.05) is 35.3 Å². The highest BCUT2D eigenvalue weighted by atomic mass is 35.5. The van der Waals surface area contributed by atoms with Crippen molar-refractivity contribution in [1.29, 1.82) is 0 Å². The zero-order valence-electron chi connectivity index (χ0n) is 21.4. The van der Waals surface area contributed by atoms with Gasteiger partial charge in [0.1, 0.15) is 23.0 Å². The molecule has 3 aromatic rings. The summed E-state index contributed by atoms with van der Waals surface area (Å²) < 4.78 is 15.9. The van der Waals surface area contributed by atoms with E-state index in [0.29, 0.717) is 22.7 Å². The van der Waals surface area contributed by atoms with Gasteiger partial charge in [-0.15, -0.1) is 0 Å². The van der Waals surface area contributed by atoms with Crippen LogP contribution in [0.2, 0.25) is 10.0 Å². The number of ketones is 1. The van der Waals surface area contributed by atoms with E-state index in [1.807, 2.05) is 31.1 Å². The number of rotatable bonds is 7. The maximum absolute atomic E-state index is 13.5. The molecule has 3 aromatic carbocycles. The van der Waals surface area contributed by atoms with Gasteiger partial charge in [-0.2, -0.15) is 0 Å². The second-order valence-corrected chi connectivity index (χ2v) is 9.48. The van der Waals surface area contributed by atoms with Crippen LogP contribution >= 0.6 is 23.2 Å². The maximum Gasteiger partial charge on any atom is 0.300 e. The number of amides is 1. The molecule has 0 radical (unpaired) electrons. The highest BCUT2D eigenvalue weighted by molar-refractivity contribution is 6.52. The molecule has 1 fully saturated rings. The van der Waals surface area contributed by atoms with E-state index in [1.165, 1.54) is 44.4 Å². The second-order valence-electron chi connectivity index (χ2n) is 8.66. The molecule has 4 rings (SSSR count). The number of carbonyl (C=O) groups excluding carboxylic acids is 2. The van der Waals surface area contributed by atoms with Gasteiger partial charge < -0.3 is 24.2 Å². The van der Waals surface area contributed by atoms with Crippen molar-refractivity contribution in [2.75, 3.05) is 45.2 Å². The molecule has 0 aliphatic carbocycles. The van der Waals surface area contributed by atoms with Gasteiger partial charge in [0.25, 0.3) is 11.7 Å². The van der Waals surface area contributed by atoms with E-state index in [0.717, 1.165) is 5.69 Å². The van der Waals surface area contributed by atoms with Crippen molar-refractivity contribution < 1.29 is 28.9 Å². The Balaban J connectivity index is 1.98. The van der Waals surface area contributed by atoms with Gasteiger partial charge in [-0.3, -0.25) is 14.5 Å². The number of ether oxygens (including phenoxy) is 3. The zero-order chi connectivity index (χ0) is 27.7. The minimum atomic E-state index is -0.971. The summed E-state index contributed by atoms with van der Waals surface area (Å²) in [6.45, 7) is 0.